The van der Waals surface area contributed by atoms with Crippen LogP contribution in [0.25, 0.3) is 31.0 Å². The van der Waals surface area contributed by atoms with Crippen LogP contribution in [0.4, 0.5) is 11.5 Å². The highest BCUT2D eigenvalue weighted by molar-refractivity contribution is 7.21. The molecule has 0 atom stereocenters. The number of anilines is 2. The van der Waals surface area contributed by atoms with Crippen molar-refractivity contribution in [3.05, 3.63) is 48.4 Å². The third-order valence-electron chi connectivity index (χ3n) is 4.00. The number of hydrogen-bond donors (Lipinski definition) is 1. The van der Waals surface area contributed by atoms with Crippen LogP contribution in [0.5, 0.6) is 0 Å². The molecule has 6 nitrogen and oxygen atoms in total. The number of hydrogen-bond acceptors (Lipinski definition) is 7. The molecule has 0 saturated carbocycles. The van der Waals surface area contributed by atoms with Crippen molar-refractivity contribution in [2.75, 3.05) is 5.32 Å². The van der Waals surface area contributed by atoms with Crippen LogP contribution in [0, 0.1) is 0 Å². The quantitative estimate of drug-likeness (QED) is 0.512. The molecular formula is C17H12N6S2. The van der Waals surface area contributed by atoms with Crippen molar-refractivity contribution in [1.82, 2.24) is 24.7 Å². The highest BCUT2D eigenvalue weighted by atomic mass is 32.1. The lowest BCUT2D eigenvalue weighted by Gasteiger charge is -2.06. The van der Waals surface area contributed by atoms with Gasteiger partial charge in [0.05, 0.1) is 31.7 Å². The molecule has 0 amide bonds. The van der Waals surface area contributed by atoms with Gasteiger partial charge >= 0.3 is 0 Å². The number of aromatic nitrogens is 5. The first-order valence-electron chi connectivity index (χ1n) is 7.61. The monoisotopic (exact) mass is 364 g/mol. The molecule has 0 aliphatic rings. The van der Waals surface area contributed by atoms with E-state index < -0.39 is 0 Å². The maximum atomic E-state index is 4.43. The van der Waals surface area contributed by atoms with Crippen LogP contribution in [-0.4, -0.2) is 24.7 Å². The number of nitrogens with zero attached hydrogens (tertiary/aromatic N) is 5. The number of thiophene rings is 1. The van der Waals surface area contributed by atoms with Gasteiger partial charge in [-0.25, -0.2) is 15.0 Å². The Labute approximate surface area is 150 Å². The Bertz CT molecular complexity index is 1200. The van der Waals surface area contributed by atoms with Gasteiger partial charge in [0.15, 0.2) is 0 Å². The molecule has 0 saturated heterocycles. The molecule has 0 fully saturated rings. The molecule has 8 heteroatoms. The molecule has 0 spiro atoms. The van der Waals surface area contributed by atoms with Gasteiger partial charge in [0, 0.05) is 18.9 Å². The first-order valence-corrected chi connectivity index (χ1v) is 9.31. The maximum absolute atomic E-state index is 4.43. The second kappa shape index (κ2) is 5.61. The fourth-order valence-corrected chi connectivity index (χ4v) is 4.48. The van der Waals surface area contributed by atoms with Crippen LogP contribution < -0.4 is 5.32 Å². The Hall–Kier alpha value is -2.84. The van der Waals surface area contributed by atoms with E-state index in [1.165, 1.54) is 4.70 Å². The minimum Gasteiger partial charge on any atom is -0.340 e. The van der Waals surface area contributed by atoms with E-state index in [9.17, 15) is 0 Å². The molecule has 122 valence electrons. The first kappa shape index (κ1) is 14.5. The number of aryl methyl sites for hydroxylation is 1. The average Bonchev–Trinajstić information content (AvgIpc) is 3.32. The van der Waals surface area contributed by atoms with Crippen molar-refractivity contribution in [2.24, 2.45) is 7.05 Å². The van der Waals surface area contributed by atoms with E-state index in [0.29, 0.717) is 0 Å². The molecule has 4 heterocycles. The van der Waals surface area contributed by atoms with Gasteiger partial charge in [-0.2, -0.15) is 5.10 Å². The van der Waals surface area contributed by atoms with Gasteiger partial charge in [0.25, 0.3) is 0 Å². The summed E-state index contributed by atoms with van der Waals surface area (Å²) < 4.78 is 3.04. The maximum Gasteiger partial charge on any atom is 0.142 e. The molecule has 0 bridgehead atoms. The smallest absolute Gasteiger partial charge is 0.142 e. The van der Waals surface area contributed by atoms with Gasteiger partial charge < -0.3 is 5.32 Å². The van der Waals surface area contributed by atoms with E-state index in [0.717, 1.165) is 37.8 Å². The van der Waals surface area contributed by atoms with E-state index in [1.54, 1.807) is 35.2 Å². The largest absolute Gasteiger partial charge is 0.340 e. The molecule has 4 aromatic heterocycles. The Morgan fingerprint density at radius 3 is 2.92 bits per heavy atom. The zero-order valence-electron chi connectivity index (χ0n) is 13.2. The summed E-state index contributed by atoms with van der Waals surface area (Å²) in [6.07, 6.45) is 3.39. The fraction of sp³-hybridized carbons (Fsp3) is 0.0588. The highest BCUT2D eigenvalue weighted by Crippen LogP contribution is 2.35. The van der Waals surface area contributed by atoms with Gasteiger partial charge in [-0.15, -0.1) is 22.7 Å². The molecule has 0 aliphatic heterocycles. The summed E-state index contributed by atoms with van der Waals surface area (Å²) in [5.74, 6) is 0.796. The SMILES string of the molecule is Cn1nccc1-c1cc2c(Nc3ccc4scnc4c3)ncnc2s1. The number of thiazole rings is 1. The third kappa shape index (κ3) is 2.46. The van der Waals surface area contributed by atoms with E-state index >= 15 is 0 Å². The molecule has 0 aliphatic carbocycles. The van der Waals surface area contributed by atoms with E-state index in [-0.39, 0.29) is 0 Å². The third-order valence-corrected chi connectivity index (χ3v) is 5.87. The number of rotatable bonds is 3. The first-order chi connectivity index (χ1) is 12.3. The Kier molecular flexibility index (Phi) is 3.25. The summed E-state index contributed by atoms with van der Waals surface area (Å²) in [6, 6.07) is 10.3. The van der Waals surface area contributed by atoms with Crippen molar-refractivity contribution in [3.8, 4) is 10.6 Å². The standard InChI is InChI=1S/C17H12N6S2/c1-23-13(4-5-21-23)15-7-11-16(18-8-19-17(11)25-15)22-10-2-3-14-12(6-10)20-9-24-14/h2-9H,1H3,(H,18,19,22). The molecule has 25 heavy (non-hydrogen) atoms. The van der Waals surface area contributed by atoms with E-state index in [1.807, 2.05) is 35.4 Å². The molecule has 0 radical (unpaired) electrons. The summed E-state index contributed by atoms with van der Waals surface area (Å²) in [6.45, 7) is 0. The van der Waals surface area contributed by atoms with Crippen LogP contribution in [0.1, 0.15) is 0 Å². The highest BCUT2D eigenvalue weighted by Gasteiger charge is 2.12. The molecule has 0 unspecified atom stereocenters. The predicted octanol–water partition coefficient (Wildman–Crippen LogP) is 4.45. The van der Waals surface area contributed by atoms with Crippen LogP contribution in [0.3, 0.4) is 0 Å². The van der Waals surface area contributed by atoms with Gasteiger partial charge in [-0.1, -0.05) is 0 Å². The van der Waals surface area contributed by atoms with Crippen LogP contribution in [0.15, 0.2) is 48.4 Å². The van der Waals surface area contributed by atoms with Gasteiger partial charge in [-0.3, -0.25) is 4.68 Å². The zero-order chi connectivity index (χ0) is 16.8. The van der Waals surface area contributed by atoms with E-state index in [2.05, 4.69) is 37.5 Å². The average molecular weight is 364 g/mol. The van der Waals surface area contributed by atoms with Crippen molar-refractivity contribution >= 4 is 54.6 Å². The topological polar surface area (TPSA) is 68.5 Å². The molecule has 1 aromatic carbocycles. The Morgan fingerprint density at radius 2 is 2.04 bits per heavy atom. The summed E-state index contributed by atoms with van der Waals surface area (Å²) in [4.78, 5) is 15.3. The Morgan fingerprint density at radius 1 is 1.08 bits per heavy atom. The Balaban J connectivity index is 1.58. The molecular weight excluding hydrogens is 352 g/mol. The number of nitrogens with one attached hydrogen (secondary N) is 1. The normalized spacial score (nSPS) is 11.4. The lowest BCUT2D eigenvalue weighted by Crippen LogP contribution is -1.94. The van der Waals surface area contributed by atoms with Gasteiger partial charge in [-0.05, 0) is 30.3 Å². The van der Waals surface area contributed by atoms with Crippen molar-refractivity contribution in [1.29, 1.82) is 0 Å². The van der Waals surface area contributed by atoms with Gasteiger partial charge in [0.2, 0.25) is 0 Å². The van der Waals surface area contributed by atoms with E-state index in [4.69, 9.17) is 0 Å². The minimum absolute atomic E-state index is 0.796. The summed E-state index contributed by atoms with van der Waals surface area (Å²) >= 11 is 3.27. The second-order valence-electron chi connectivity index (χ2n) is 5.55. The van der Waals surface area contributed by atoms with Crippen molar-refractivity contribution < 1.29 is 0 Å². The summed E-state index contributed by atoms with van der Waals surface area (Å²) in [5.41, 5.74) is 4.88. The molecule has 5 aromatic rings. The minimum atomic E-state index is 0.796. The van der Waals surface area contributed by atoms with Crippen LogP contribution in [-0.2, 0) is 7.05 Å². The summed E-state index contributed by atoms with van der Waals surface area (Å²) in [7, 11) is 1.94. The number of benzene rings is 1. The lowest BCUT2D eigenvalue weighted by atomic mass is 10.2. The zero-order valence-corrected chi connectivity index (χ0v) is 14.8. The van der Waals surface area contributed by atoms with Crippen LogP contribution in [0.2, 0.25) is 0 Å². The molecule has 5 rings (SSSR count). The predicted molar refractivity (Wildman–Crippen MR) is 103 cm³/mol. The fourth-order valence-electron chi connectivity index (χ4n) is 2.77. The van der Waals surface area contributed by atoms with Gasteiger partial charge in [0.1, 0.15) is 17.0 Å². The second-order valence-corrected chi connectivity index (χ2v) is 7.47. The molecule has 1 N–H and O–H groups in total. The number of fused-ring (bicyclic) bond motifs is 2. The van der Waals surface area contributed by atoms with Crippen molar-refractivity contribution in [3.63, 3.8) is 0 Å². The van der Waals surface area contributed by atoms with Crippen LogP contribution >= 0.6 is 22.7 Å². The van der Waals surface area contributed by atoms with Crippen molar-refractivity contribution in [2.45, 2.75) is 0 Å². The lowest BCUT2D eigenvalue weighted by molar-refractivity contribution is 0.777. The summed E-state index contributed by atoms with van der Waals surface area (Å²) in [5, 5.41) is 8.64.